The lowest BCUT2D eigenvalue weighted by molar-refractivity contribution is -0.151. The van der Waals surface area contributed by atoms with Crippen LogP contribution in [0.5, 0.6) is 0 Å². The van der Waals surface area contributed by atoms with Crippen molar-refractivity contribution in [3.05, 3.63) is 11.7 Å². The second kappa shape index (κ2) is 7.47. The number of halogens is 3. The minimum absolute atomic E-state index is 0.0427. The number of likely N-dealkylation sites (tertiary alicyclic amines) is 1. The third kappa shape index (κ3) is 4.13. The van der Waals surface area contributed by atoms with Crippen LogP contribution in [0.2, 0.25) is 0 Å². The van der Waals surface area contributed by atoms with Crippen LogP contribution in [0, 0.1) is 0 Å². The van der Waals surface area contributed by atoms with Crippen molar-refractivity contribution in [2.75, 3.05) is 19.5 Å². The lowest BCUT2D eigenvalue weighted by atomic mass is 9.86. The quantitative estimate of drug-likeness (QED) is 0.571. The normalized spacial score (nSPS) is 21.3. The van der Waals surface area contributed by atoms with Crippen molar-refractivity contribution in [3.63, 3.8) is 0 Å². The fraction of sp³-hybridized carbons (Fsp3) is 0.733. The SMILES string of the molecule is COC(=O)C1(CCCCl)C(=C(F)F)CCN1C(=O)OC(C)(C)C. The summed E-state index contributed by atoms with van der Waals surface area (Å²) in [5, 5.41) is 0. The number of nitrogens with zero attached hydrogens (tertiary/aromatic N) is 1. The molecule has 0 aromatic rings. The first kappa shape index (κ1) is 19.7. The molecule has 1 unspecified atom stereocenters. The average molecular weight is 354 g/mol. The summed E-state index contributed by atoms with van der Waals surface area (Å²) >= 11 is 5.66. The van der Waals surface area contributed by atoms with Crippen LogP contribution in [-0.2, 0) is 14.3 Å². The Bertz CT molecular complexity index is 500. The fourth-order valence-corrected chi connectivity index (χ4v) is 2.85. The molecule has 0 aliphatic carbocycles. The topological polar surface area (TPSA) is 55.8 Å². The Morgan fingerprint density at radius 1 is 1.35 bits per heavy atom. The summed E-state index contributed by atoms with van der Waals surface area (Å²) in [5.41, 5.74) is -3.07. The van der Waals surface area contributed by atoms with E-state index in [1.807, 2.05) is 0 Å². The standard InChI is InChI=1S/C15H22ClF2NO4/c1-14(2,3)23-13(21)19-9-6-10(11(17)18)15(19,7-5-8-16)12(20)22-4/h5-9H2,1-4H3. The molecule has 1 aliphatic rings. The number of hydrogen-bond acceptors (Lipinski definition) is 4. The molecule has 0 aromatic heterocycles. The van der Waals surface area contributed by atoms with Crippen LogP contribution in [0.3, 0.4) is 0 Å². The monoisotopic (exact) mass is 353 g/mol. The highest BCUT2D eigenvalue weighted by Gasteiger charge is 2.56. The van der Waals surface area contributed by atoms with Crippen LogP contribution in [0.25, 0.3) is 0 Å². The molecule has 1 heterocycles. The van der Waals surface area contributed by atoms with Crippen LogP contribution >= 0.6 is 11.6 Å². The van der Waals surface area contributed by atoms with Crippen molar-refractivity contribution in [3.8, 4) is 0 Å². The Balaban J connectivity index is 3.34. The number of hydrogen-bond donors (Lipinski definition) is 0. The largest absolute Gasteiger partial charge is 0.467 e. The third-order valence-corrected chi connectivity index (χ3v) is 3.85. The summed E-state index contributed by atoms with van der Waals surface area (Å²) < 4.78 is 36.8. The van der Waals surface area contributed by atoms with E-state index in [1.165, 1.54) is 0 Å². The Morgan fingerprint density at radius 3 is 2.39 bits per heavy atom. The van der Waals surface area contributed by atoms with Gasteiger partial charge in [0.05, 0.1) is 7.11 Å². The molecule has 1 aliphatic heterocycles. The molecule has 0 N–H and O–H groups in total. The first-order chi connectivity index (χ1) is 10.6. The van der Waals surface area contributed by atoms with Crippen molar-refractivity contribution in [1.29, 1.82) is 0 Å². The summed E-state index contributed by atoms with van der Waals surface area (Å²) in [7, 11) is 1.10. The predicted molar refractivity (Wildman–Crippen MR) is 81.5 cm³/mol. The van der Waals surface area contributed by atoms with Crippen LogP contribution < -0.4 is 0 Å². The lowest BCUT2D eigenvalue weighted by Gasteiger charge is -2.37. The number of amides is 1. The smallest absolute Gasteiger partial charge is 0.411 e. The second-order valence-electron chi connectivity index (χ2n) is 6.27. The number of esters is 1. The number of carbonyl (C=O) groups excluding carboxylic acids is 2. The van der Waals surface area contributed by atoms with Crippen molar-refractivity contribution >= 4 is 23.7 Å². The van der Waals surface area contributed by atoms with Gasteiger partial charge in [0.25, 0.3) is 6.08 Å². The van der Waals surface area contributed by atoms with Crippen LogP contribution in [0.15, 0.2) is 11.7 Å². The van der Waals surface area contributed by atoms with Gasteiger partial charge in [-0.2, -0.15) is 8.78 Å². The van der Waals surface area contributed by atoms with Gasteiger partial charge in [-0.25, -0.2) is 9.59 Å². The van der Waals surface area contributed by atoms with E-state index in [9.17, 15) is 18.4 Å². The Labute approximate surface area is 139 Å². The zero-order valence-corrected chi connectivity index (χ0v) is 14.5. The van der Waals surface area contributed by atoms with Gasteiger partial charge in [-0.05, 0) is 40.0 Å². The van der Waals surface area contributed by atoms with Gasteiger partial charge >= 0.3 is 12.1 Å². The Hall–Kier alpha value is -1.37. The van der Waals surface area contributed by atoms with Crippen LogP contribution in [0.1, 0.15) is 40.0 Å². The van der Waals surface area contributed by atoms with E-state index < -0.39 is 34.9 Å². The highest BCUT2D eigenvalue weighted by molar-refractivity contribution is 6.17. The van der Waals surface area contributed by atoms with Gasteiger partial charge in [-0.3, -0.25) is 4.90 Å². The highest BCUT2D eigenvalue weighted by Crippen LogP contribution is 2.42. The average Bonchev–Trinajstić information content (AvgIpc) is 2.83. The molecule has 0 radical (unpaired) electrons. The molecule has 23 heavy (non-hydrogen) atoms. The molecule has 132 valence electrons. The summed E-state index contributed by atoms with van der Waals surface area (Å²) in [6.07, 6.45) is -2.69. The maximum atomic E-state index is 13.4. The minimum Gasteiger partial charge on any atom is -0.467 e. The first-order valence-electron chi connectivity index (χ1n) is 7.29. The van der Waals surface area contributed by atoms with E-state index in [4.69, 9.17) is 21.1 Å². The van der Waals surface area contributed by atoms with Gasteiger partial charge < -0.3 is 9.47 Å². The molecule has 1 rings (SSSR count). The first-order valence-corrected chi connectivity index (χ1v) is 7.83. The highest BCUT2D eigenvalue weighted by atomic mass is 35.5. The van der Waals surface area contributed by atoms with Gasteiger partial charge in [0, 0.05) is 18.0 Å². The second-order valence-corrected chi connectivity index (χ2v) is 6.64. The van der Waals surface area contributed by atoms with E-state index >= 15 is 0 Å². The van der Waals surface area contributed by atoms with Crippen molar-refractivity contribution in [2.45, 2.75) is 51.2 Å². The maximum absolute atomic E-state index is 13.4. The van der Waals surface area contributed by atoms with Gasteiger partial charge in [-0.1, -0.05) is 0 Å². The zero-order chi connectivity index (χ0) is 17.8. The molecular weight excluding hydrogens is 332 g/mol. The van der Waals surface area contributed by atoms with Gasteiger partial charge in [-0.15, -0.1) is 11.6 Å². The summed E-state index contributed by atoms with van der Waals surface area (Å²) in [5.74, 6) is -0.740. The van der Waals surface area contributed by atoms with Crippen LogP contribution in [-0.4, -0.2) is 47.6 Å². The summed E-state index contributed by atoms with van der Waals surface area (Å²) in [6, 6.07) is 0. The Morgan fingerprint density at radius 2 is 1.96 bits per heavy atom. The number of ether oxygens (including phenoxy) is 2. The maximum Gasteiger partial charge on any atom is 0.411 e. The third-order valence-electron chi connectivity index (χ3n) is 3.58. The van der Waals surface area contributed by atoms with E-state index in [2.05, 4.69) is 0 Å². The van der Waals surface area contributed by atoms with Gasteiger partial charge in [0.2, 0.25) is 0 Å². The molecule has 0 bridgehead atoms. The van der Waals surface area contributed by atoms with Crippen molar-refractivity contribution in [2.24, 2.45) is 0 Å². The van der Waals surface area contributed by atoms with E-state index in [0.717, 1.165) is 12.0 Å². The zero-order valence-electron chi connectivity index (χ0n) is 13.7. The van der Waals surface area contributed by atoms with E-state index in [0.29, 0.717) is 0 Å². The molecular formula is C15H22ClF2NO4. The fourth-order valence-electron chi connectivity index (χ4n) is 2.71. The Kier molecular flexibility index (Phi) is 6.39. The van der Waals surface area contributed by atoms with Gasteiger partial charge in [0.15, 0.2) is 5.54 Å². The molecule has 1 atom stereocenters. The number of alkyl halides is 1. The molecule has 0 spiro atoms. The molecule has 8 heteroatoms. The molecule has 5 nitrogen and oxygen atoms in total. The minimum atomic E-state index is -1.98. The van der Waals surface area contributed by atoms with E-state index in [1.54, 1.807) is 20.8 Å². The van der Waals surface area contributed by atoms with Crippen molar-refractivity contribution < 1.29 is 27.8 Å². The number of methoxy groups -OCH3 is 1. The summed E-state index contributed by atoms with van der Waals surface area (Å²) in [6.45, 7) is 4.93. The molecule has 0 saturated carbocycles. The van der Waals surface area contributed by atoms with Crippen LogP contribution in [0.4, 0.5) is 13.6 Å². The lowest BCUT2D eigenvalue weighted by Crippen LogP contribution is -2.55. The molecule has 1 saturated heterocycles. The van der Waals surface area contributed by atoms with E-state index in [-0.39, 0.29) is 31.7 Å². The number of rotatable bonds is 4. The number of carbonyl (C=O) groups is 2. The summed E-state index contributed by atoms with van der Waals surface area (Å²) in [4.78, 5) is 25.8. The predicted octanol–water partition coefficient (Wildman–Crippen LogP) is 3.71. The molecule has 0 aromatic carbocycles. The van der Waals surface area contributed by atoms with Crippen molar-refractivity contribution in [1.82, 2.24) is 4.90 Å². The molecule has 1 amide bonds. The van der Waals surface area contributed by atoms with Gasteiger partial charge in [0.1, 0.15) is 5.60 Å². The molecule has 1 fully saturated rings.